The van der Waals surface area contributed by atoms with Crippen LogP contribution in [0.25, 0.3) is 11.3 Å². The number of carbonyl (C=O) groups excluding carboxylic acids is 2. The number of thioether (sulfide) groups is 1. The highest BCUT2D eigenvalue weighted by Crippen LogP contribution is 2.22. The number of rotatable bonds is 10. The maximum absolute atomic E-state index is 12.8. The summed E-state index contributed by atoms with van der Waals surface area (Å²) in [6.45, 7) is 2.49. The van der Waals surface area contributed by atoms with E-state index in [1.165, 1.54) is 0 Å². The summed E-state index contributed by atoms with van der Waals surface area (Å²) in [5, 5.41) is 9.25. The zero-order chi connectivity index (χ0) is 22.9. The Morgan fingerprint density at radius 1 is 1.16 bits per heavy atom. The minimum atomic E-state index is -0.610. The zero-order valence-electron chi connectivity index (χ0n) is 18.1. The lowest BCUT2D eigenvalue weighted by Gasteiger charge is -2.18. The SMILES string of the molecule is CSCCC(NC(=O)c1ccccc1Cl)C(=O)NCCc1ccc(-c2csc(C)n2)cc1. The van der Waals surface area contributed by atoms with Crippen LogP contribution in [-0.2, 0) is 11.2 Å². The number of hydrogen-bond acceptors (Lipinski definition) is 5. The molecule has 1 unspecified atom stereocenters. The molecule has 1 aromatic heterocycles. The molecule has 0 saturated carbocycles. The first-order chi connectivity index (χ1) is 15.5. The van der Waals surface area contributed by atoms with Gasteiger partial charge in [-0.05, 0) is 49.5 Å². The molecule has 3 aromatic rings. The zero-order valence-corrected chi connectivity index (χ0v) is 20.4. The van der Waals surface area contributed by atoms with Crippen molar-refractivity contribution in [2.75, 3.05) is 18.6 Å². The summed E-state index contributed by atoms with van der Waals surface area (Å²) in [5.74, 6) is 0.233. The Hall–Kier alpha value is -2.35. The highest BCUT2D eigenvalue weighted by Gasteiger charge is 2.21. The van der Waals surface area contributed by atoms with Gasteiger partial charge in [-0.3, -0.25) is 9.59 Å². The average molecular weight is 488 g/mol. The molecule has 2 amide bonds. The van der Waals surface area contributed by atoms with Gasteiger partial charge in [0, 0.05) is 17.5 Å². The van der Waals surface area contributed by atoms with E-state index < -0.39 is 6.04 Å². The lowest BCUT2D eigenvalue weighted by molar-refractivity contribution is -0.122. The Kier molecular flexibility index (Phi) is 9.14. The van der Waals surface area contributed by atoms with Crippen LogP contribution in [0.1, 0.15) is 27.3 Å². The van der Waals surface area contributed by atoms with Crippen LogP contribution in [0.4, 0.5) is 0 Å². The van der Waals surface area contributed by atoms with Gasteiger partial charge in [0.05, 0.1) is 21.3 Å². The minimum absolute atomic E-state index is 0.186. The summed E-state index contributed by atoms with van der Waals surface area (Å²) in [6, 6.07) is 14.4. The highest BCUT2D eigenvalue weighted by molar-refractivity contribution is 7.98. The van der Waals surface area contributed by atoms with E-state index in [0.29, 0.717) is 30.0 Å². The second-order valence-electron chi connectivity index (χ2n) is 7.28. The van der Waals surface area contributed by atoms with E-state index in [2.05, 4.69) is 45.3 Å². The number of halogens is 1. The van der Waals surface area contributed by atoms with Crippen LogP contribution < -0.4 is 10.6 Å². The molecule has 0 aliphatic rings. The second-order valence-corrected chi connectivity index (χ2v) is 9.73. The van der Waals surface area contributed by atoms with Crippen molar-refractivity contribution in [3.63, 3.8) is 0 Å². The summed E-state index contributed by atoms with van der Waals surface area (Å²) in [4.78, 5) is 29.9. The molecule has 0 aliphatic heterocycles. The van der Waals surface area contributed by atoms with E-state index in [4.69, 9.17) is 11.6 Å². The van der Waals surface area contributed by atoms with Crippen molar-refractivity contribution in [3.8, 4) is 11.3 Å². The molecule has 2 N–H and O–H groups in total. The smallest absolute Gasteiger partial charge is 0.253 e. The summed E-state index contributed by atoms with van der Waals surface area (Å²) < 4.78 is 0. The third-order valence-electron chi connectivity index (χ3n) is 4.93. The molecular formula is C24H26ClN3O2S2. The van der Waals surface area contributed by atoms with E-state index in [-0.39, 0.29) is 11.8 Å². The number of aromatic nitrogens is 1. The third-order valence-corrected chi connectivity index (χ3v) is 6.68. The number of hydrogen-bond donors (Lipinski definition) is 2. The molecule has 5 nitrogen and oxygen atoms in total. The quantitative estimate of drug-likeness (QED) is 0.423. The van der Waals surface area contributed by atoms with E-state index in [1.54, 1.807) is 47.4 Å². The first kappa shape index (κ1) is 24.3. The molecule has 8 heteroatoms. The molecule has 0 spiro atoms. The standard InChI is InChI=1S/C24H26ClN3O2S2/c1-16-27-22(15-32-16)18-9-7-17(8-10-18)11-13-26-24(30)21(12-14-31-2)28-23(29)19-5-3-4-6-20(19)25/h3-10,15,21H,11-14H2,1-2H3,(H,26,30)(H,28,29). The van der Waals surface area contributed by atoms with Gasteiger partial charge in [0.25, 0.3) is 5.91 Å². The van der Waals surface area contributed by atoms with Gasteiger partial charge in [-0.15, -0.1) is 11.3 Å². The molecule has 1 atom stereocenters. The van der Waals surface area contributed by atoms with Crippen molar-refractivity contribution in [1.29, 1.82) is 0 Å². The van der Waals surface area contributed by atoms with E-state index in [9.17, 15) is 9.59 Å². The summed E-state index contributed by atoms with van der Waals surface area (Å²) in [7, 11) is 0. The molecule has 0 radical (unpaired) electrons. The fourth-order valence-corrected chi connectivity index (χ4v) is 4.49. The number of carbonyl (C=O) groups is 2. The Labute approximate surface area is 202 Å². The largest absolute Gasteiger partial charge is 0.354 e. The first-order valence-corrected chi connectivity index (χ1v) is 13.0. The van der Waals surface area contributed by atoms with Crippen molar-refractivity contribution in [2.45, 2.75) is 25.8 Å². The van der Waals surface area contributed by atoms with Crippen LogP contribution in [0, 0.1) is 6.92 Å². The van der Waals surface area contributed by atoms with Gasteiger partial charge in [-0.25, -0.2) is 4.98 Å². The van der Waals surface area contributed by atoms with E-state index >= 15 is 0 Å². The molecule has 0 fully saturated rings. The molecule has 2 aromatic carbocycles. The number of thiazole rings is 1. The molecule has 1 heterocycles. The van der Waals surface area contributed by atoms with Crippen LogP contribution in [0.5, 0.6) is 0 Å². The van der Waals surface area contributed by atoms with Crippen molar-refractivity contribution in [1.82, 2.24) is 15.6 Å². The van der Waals surface area contributed by atoms with Gasteiger partial charge < -0.3 is 10.6 Å². The lowest BCUT2D eigenvalue weighted by Crippen LogP contribution is -2.47. The first-order valence-electron chi connectivity index (χ1n) is 10.3. The normalized spacial score (nSPS) is 11.7. The maximum Gasteiger partial charge on any atom is 0.253 e. The molecular weight excluding hydrogens is 462 g/mol. The van der Waals surface area contributed by atoms with E-state index in [0.717, 1.165) is 27.6 Å². The second kappa shape index (κ2) is 12.0. The van der Waals surface area contributed by atoms with Crippen molar-refractivity contribution < 1.29 is 9.59 Å². The predicted molar refractivity (Wildman–Crippen MR) is 135 cm³/mol. The van der Waals surface area contributed by atoms with E-state index in [1.807, 2.05) is 13.2 Å². The van der Waals surface area contributed by atoms with Gasteiger partial charge in [-0.2, -0.15) is 11.8 Å². The summed E-state index contributed by atoms with van der Waals surface area (Å²) >= 11 is 9.39. The molecule has 0 aliphatic carbocycles. The predicted octanol–water partition coefficient (Wildman–Crippen LogP) is 4.98. The number of benzene rings is 2. The average Bonchev–Trinajstić information content (AvgIpc) is 3.23. The fraction of sp³-hybridized carbons (Fsp3) is 0.292. The molecule has 168 valence electrons. The lowest BCUT2D eigenvalue weighted by atomic mass is 10.1. The number of aryl methyl sites for hydroxylation is 1. The number of nitrogens with one attached hydrogen (secondary N) is 2. The molecule has 0 bridgehead atoms. The Bertz CT molecular complexity index is 1050. The fourth-order valence-electron chi connectivity index (χ4n) is 3.18. The number of amides is 2. The summed E-state index contributed by atoms with van der Waals surface area (Å²) in [6.07, 6.45) is 3.22. The Morgan fingerprint density at radius 2 is 1.91 bits per heavy atom. The van der Waals surface area contributed by atoms with Crippen molar-refractivity contribution >= 4 is 46.5 Å². The third kappa shape index (κ3) is 6.82. The van der Waals surface area contributed by atoms with Crippen LogP contribution in [0.15, 0.2) is 53.9 Å². The van der Waals surface area contributed by atoms with Gasteiger partial charge in [0.2, 0.25) is 5.91 Å². The van der Waals surface area contributed by atoms with Crippen molar-refractivity contribution in [2.24, 2.45) is 0 Å². The van der Waals surface area contributed by atoms with Crippen LogP contribution in [-0.4, -0.2) is 41.4 Å². The molecule has 0 saturated heterocycles. The van der Waals surface area contributed by atoms with Crippen LogP contribution in [0.3, 0.4) is 0 Å². The highest BCUT2D eigenvalue weighted by atomic mass is 35.5. The summed E-state index contributed by atoms with van der Waals surface area (Å²) in [5.41, 5.74) is 3.56. The number of nitrogens with zero attached hydrogens (tertiary/aromatic N) is 1. The topological polar surface area (TPSA) is 71.1 Å². The van der Waals surface area contributed by atoms with Gasteiger partial charge in [0.1, 0.15) is 6.04 Å². The van der Waals surface area contributed by atoms with Gasteiger partial charge in [0.15, 0.2) is 0 Å². The van der Waals surface area contributed by atoms with Crippen LogP contribution in [0.2, 0.25) is 5.02 Å². The van der Waals surface area contributed by atoms with Crippen molar-refractivity contribution in [3.05, 3.63) is 75.1 Å². The van der Waals surface area contributed by atoms with Gasteiger partial charge >= 0.3 is 0 Å². The Balaban J connectivity index is 1.54. The molecule has 3 rings (SSSR count). The minimum Gasteiger partial charge on any atom is -0.354 e. The Morgan fingerprint density at radius 3 is 2.56 bits per heavy atom. The van der Waals surface area contributed by atoms with Crippen LogP contribution >= 0.6 is 34.7 Å². The maximum atomic E-state index is 12.8. The monoisotopic (exact) mass is 487 g/mol. The molecule has 32 heavy (non-hydrogen) atoms. The van der Waals surface area contributed by atoms with Gasteiger partial charge in [-0.1, -0.05) is 48.0 Å².